The van der Waals surface area contributed by atoms with Gasteiger partial charge < -0.3 is 15.3 Å². The third-order valence-corrected chi connectivity index (χ3v) is 2.92. The maximum absolute atomic E-state index is 11.9. The van der Waals surface area contributed by atoms with Gasteiger partial charge in [0.2, 0.25) is 0 Å². The van der Waals surface area contributed by atoms with Crippen molar-refractivity contribution in [3.63, 3.8) is 0 Å². The van der Waals surface area contributed by atoms with Crippen LogP contribution < -0.4 is 5.32 Å². The summed E-state index contributed by atoms with van der Waals surface area (Å²) in [6.45, 7) is 5.43. The van der Waals surface area contributed by atoms with Crippen LogP contribution in [0, 0.1) is 6.92 Å². The summed E-state index contributed by atoms with van der Waals surface area (Å²) in [6.07, 6.45) is 2.63. The first-order valence-electron chi connectivity index (χ1n) is 6.21. The van der Waals surface area contributed by atoms with Gasteiger partial charge in [-0.05, 0) is 13.3 Å². The van der Waals surface area contributed by atoms with Crippen molar-refractivity contribution in [1.29, 1.82) is 0 Å². The summed E-state index contributed by atoms with van der Waals surface area (Å²) in [5.74, 6) is 0. The summed E-state index contributed by atoms with van der Waals surface area (Å²) in [5.41, 5.74) is 2.05. The van der Waals surface area contributed by atoms with Crippen molar-refractivity contribution < 1.29 is 9.90 Å². The van der Waals surface area contributed by atoms with E-state index in [4.69, 9.17) is 5.11 Å². The molecule has 0 aliphatic heterocycles. The lowest BCUT2D eigenvalue weighted by Gasteiger charge is -2.21. The highest BCUT2D eigenvalue weighted by molar-refractivity contribution is 5.74. The van der Waals surface area contributed by atoms with Gasteiger partial charge in [-0.15, -0.1) is 0 Å². The molecule has 2 amide bonds. The Kier molecular flexibility index (Phi) is 5.64. The zero-order chi connectivity index (χ0) is 13.5. The second kappa shape index (κ2) is 7.00. The maximum Gasteiger partial charge on any atom is 0.317 e. The molecule has 1 rings (SSSR count). The Morgan fingerprint density at radius 1 is 1.56 bits per heavy atom. The van der Waals surface area contributed by atoms with Crippen molar-refractivity contribution in [1.82, 2.24) is 20.0 Å². The van der Waals surface area contributed by atoms with Crippen molar-refractivity contribution in [2.24, 2.45) is 7.05 Å². The molecule has 0 aromatic carbocycles. The van der Waals surface area contributed by atoms with Crippen molar-refractivity contribution in [3.05, 3.63) is 17.5 Å². The number of carbonyl (C=O) groups is 1. The molecule has 0 spiro atoms. The van der Waals surface area contributed by atoms with E-state index in [1.54, 1.807) is 15.8 Å². The molecule has 2 N–H and O–H groups in total. The zero-order valence-electron chi connectivity index (χ0n) is 11.3. The van der Waals surface area contributed by atoms with Crippen molar-refractivity contribution in [2.75, 3.05) is 19.7 Å². The van der Waals surface area contributed by atoms with E-state index >= 15 is 0 Å². The molecule has 6 heteroatoms. The highest BCUT2D eigenvalue weighted by Gasteiger charge is 2.12. The van der Waals surface area contributed by atoms with E-state index in [-0.39, 0.29) is 12.6 Å². The van der Waals surface area contributed by atoms with Crippen LogP contribution in [0.2, 0.25) is 0 Å². The molecule has 1 aromatic rings. The van der Waals surface area contributed by atoms with Gasteiger partial charge in [-0.1, -0.05) is 6.92 Å². The monoisotopic (exact) mass is 254 g/mol. The van der Waals surface area contributed by atoms with Crippen LogP contribution in [0.25, 0.3) is 0 Å². The molecule has 18 heavy (non-hydrogen) atoms. The van der Waals surface area contributed by atoms with E-state index in [9.17, 15) is 4.79 Å². The number of urea groups is 1. The molecular weight excluding hydrogens is 232 g/mol. The second-order valence-electron chi connectivity index (χ2n) is 4.25. The van der Waals surface area contributed by atoms with Crippen LogP contribution in [0.1, 0.15) is 24.6 Å². The second-order valence-corrected chi connectivity index (χ2v) is 4.25. The third-order valence-electron chi connectivity index (χ3n) is 2.92. The summed E-state index contributed by atoms with van der Waals surface area (Å²) in [5, 5.41) is 15.9. The lowest BCUT2D eigenvalue weighted by Crippen LogP contribution is -2.41. The van der Waals surface area contributed by atoms with E-state index in [1.165, 1.54) is 0 Å². The summed E-state index contributed by atoms with van der Waals surface area (Å²) in [6, 6.07) is -0.144. The first-order chi connectivity index (χ1) is 8.60. The van der Waals surface area contributed by atoms with E-state index in [0.717, 1.165) is 17.7 Å². The number of nitrogens with zero attached hydrogens (tertiary/aromatic N) is 3. The fourth-order valence-corrected chi connectivity index (χ4v) is 1.71. The van der Waals surface area contributed by atoms with Gasteiger partial charge in [-0.3, -0.25) is 4.68 Å². The number of aliphatic hydroxyl groups excluding tert-OH is 1. The SMILES string of the molecule is CCCN(CCO)C(=O)NCc1cnn(C)c1C. The predicted molar refractivity (Wildman–Crippen MR) is 69.1 cm³/mol. The average Bonchev–Trinajstić information content (AvgIpc) is 2.67. The number of nitrogens with one attached hydrogen (secondary N) is 1. The Morgan fingerprint density at radius 3 is 2.78 bits per heavy atom. The summed E-state index contributed by atoms with van der Waals surface area (Å²) in [7, 11) is 1.87. The smallest absolute Gasteiger partial charge is 0.317 e. The van der Waals surface area contributed by atoms with Crippen LogP contribution in [-0.4, -0.2) is 45.5 Å². The molecule has 6 nitrogen and oxygen atoms in total. The van der Waals surface area contributed by atoms with Crippen LogP contribution in [0.5, 0.6) is 0 Å². The minimum atomic E-state index is -0.144. The first kappa shape index (κ1) is 14.5. The number of amides is 2. The lowest BCUT2D eigenvalue weighted by molar-refractivity contribution is 0.177. The lowest BCUT2D eigenvalue weighted by atomic mass is 10.2. The molecular formula is C12H22N4O2. The van der Waals surface area contributed by atoms with Crippen LogP contribution in [0.4, 0.5) is 4.79 Å². The van der Waals surface area contributed by atoms with Gasteiger partial charge in [0.25, 0.3) is 0 Å². The highest BCUT2D eigenvalue weighted by atomic mass is 16.3. The van der Waals surface area contributed by atoms with Crippen molar-refractivity contribution in [3.8, 4) is 0 Å². The molecule has 0 aliphatic rings. The van der Waals surface area contributed by atoms with Crippen LogP contribution in [0.15, 0.2) is 6.20 Å². The Labute approximate surface area is 108 Å². The van der Waals surface area contributed by atoms with Crippen LogP contribution in [0.3, 0.4) is 0 Å². The summed E-state index contributed by atoms with van der Waals surface area (Å²) in [4.78, 5) is 13.5. The molecule has 1 aromatic heterocycles. The fraction of sp³-hybridized carbons (Fsp3) is 0.667. The Bertz CT molecular complexity index is 383. The number of hydrogen-bond acceptors (Lipinski definition) is 3. The number of rotatable bonds is 6. The fourth-order valence-electron chi connectivity index (χ4n) is 1.71. The van der Waals surface area contributed by atoms with Crippen LogP contribution >= 0.6 is 0 Å². The third kappa shape index (κ3) is 3.73. The molecule has 1 heterocycles. The number of hydrogen-bond donors (Lipinski definition) is 2. The van der Waals surface area contributed by atoms with Gasteiger partial charge in [-0.25, -0.2) is 4.79 Å². The van der Waals surface area contributed by atoms with Gasteiger partial charge in [0.1, 0.15) is 0 Å². The number of aromatic nitrogens is 2. The molecule has 0 saturated heterocycles. The number of aliphatic hydroxyl groups is 1. The molecule has 102 valence electrons. The standard InChI is InChI=1S/C12H22N4O2/c1-4-5-16(6-7-17)12(18)13-8-11-9-14-15(3)10(11)2/h9,17H,4-8H2,1-3H3,(H,13,18). The van der Waals surface area contributed by atoms with Crippen molar-refractivity contribution >= 4 is 6.03 Å². The molecule has 0 fully saturated rings. The maximum atomic E-state index is 11.9. The molecule has 0 unspecified atom stereocenters. The molecule has 0 aliphatic carbocycles. The molecule has 0 atom stereocenters. The largest absolute Gasteiger partial charge is 0.395 e. The zero-order valence-corrected chi connectivity index (χ0v) is 11.3. The van der Waals surface area contributed by atoms with Gasteiger partial charge >= 0.3 is 6.03 Å². The van der Waals surface area contributed by atoms with Gasteiger partial charge in [-0.2, -0.15) is 5.10 Å². The van der Waals surface area contributed by atoms with Gasteiger partial charge in [0.05, 0.1) is 12.8 Å². The van der Waals surface area contributed by atoms with Crippen LogP contribution in [-0.2, 0) is 13.6 Å². The Morgan fingerprint density at radius 2 is 2.28 bits per heavy atom. The van der Waals surface area contributed by atoms with E-state index in [2.05, 4.69) is 10.4 Å². The minimum Gasteiger partial charge on any atom is -0.395 e. The van der Waals surface area contributed by atoms with E-state index in [0.29, 0.717) is 19.6 Å². The minimum absolute atomic E-state index is 0.0145. The topological polar surface area (TPSA) is 70.4 Å². The Balaban J connectivity index is 2.51. The van der Waals surface area contributed by atoms with E-state index < -0.39 is 0 Å². The van der Waals surface area contributed by atoms with Gasteiger partial charge in [0.15, 0.2) is 0 Å². The van der Waals surface area contributed by atoms with E-state index in [1.807, 2.05) is 20.9 Å². The van der Waals surface area contributed by atoms with Crippen molar-refractivity contribution in [2.45, 2.75) is 26.8 Å². The Hall–Kier alpha value is -1.56. The summed E-state index contributed by atoms with van der Waals surface area (Å²) >= 11 is 0. The summed E-state index contributed by atoms with van der Waals surface area (Å²) < 4.78 is 1.78. The molecule has 0 radical (unpaired) electrons. The average molecular weight is 254 g/mol. The quantitative estimate of drug-likeness (QED) is 0.782. The first-order valence-corrected chi connectivity index (χ1v) is 6.21. The predicted octanol–water partition coefficient (Wildman–Crippen LogP) is 0.642. The highest BCUT2D eigenvalue weighted by Crippen LogP contribution is 2.05. The number of carbonyl (C=O) groups excluding carboxylic acids is 1. The van der Waals surface area contributed by atoms with Gasteiger partial charge in [0, 0.05) is 37.9 Å². The molecule has 0 saturated carbocycles. The normalized spacial score (nSPS) is 10.4. The molecule has 0 bridgehead atoms. The number of aryl methyl sites for hydroxylation is 1.